The number of nitrogens with one attached hydrogen (secondary N) is 1. The fourth-order valence-electron chi connectivity index (χ4n) is 2.65. The lowest BCUT2D eigenvalue weighted by atomic mass is 10.0. The summed E-state index contributed by atoms with van der Waals surface area (Å²) in [5, 5.41) is 3.16. The van der Waals surface area contributed by atoms with Gasteiger partial charge in [-0.3, -0.25) is 0 Å². The van der Waals surface area contributed by atoms with E-state index in [9.17, 15) is 18.0 Å². The number of carbonyl (C=O) groups excluding carboxylic acids is 1. The van der Waals surface area contributed by atoms with Gasteiger partial charge in [0, 0.05) is 19.6 Å². The van der Waals surface area contributed by atoms with Gasteiger partial charge in [-0.1, -0.05) is 18.2 Å². The number of alkyl halides is 3. The molecular weight excluding hydrogens is 337 g/mol. The molecule has 1 aromatic rings. The van der Waals surface area contributed by atoms with E-state index in [1.54, 1.807) is 37.8 Å². The SMILES string of the molecule is CC(C)(C)OC(=O)N1CCNC[C@@H]1Cc1ccccc1OC(F)(F)F. The highest BCUT2D eigenvalue weighted by Gasteiger charge is 2.34. The Hall–Kier alpha value is -1.96. The first-order valence-corrected chi connectivity index (χ1v) is 8.09. The molecule has 5 nitrogen and oxygen atoms in total. The molecule has 8 heteroatoms. The summed E-state index contributed by atoms with van der Waals surface area (Å²) in [5.74, 6) is -0.246. The second-order valence-corrected chi connectivity index (χ2v) is 6.89. The predicted molar refractivity (Wildman–Crippen MR) is 86.4 cm³/mol. The van der Waals surface area contributed by atoms with Crippen LogP contribution in [-0.2, 0) is 11.2 Å². The van der Waals surface area contributed by atoms with E-state index in [1.807, 2.05) is 0 Å². The molecule has 1 saturated heterocycles. The number of piperazine rings is 1. The summed E-state index contributed by atoms with van der Waals surface area (Å²) in [4.78, 5) is 14.0. The molecule has 1 aliphatic rings. The zero-order valence-corrected chi connectivity index (χ0v) is 14.5. The van der Waals surface area contributed by atoms with E-state index in [0.29, 0.717) is 25.2 Å². The molecule has 1 aromatic carbocycles. The van der Waals surface area contributed by atoms with E-state index in [2.05, 4.69) is 10.1 Å². The average molecular weight is 360 g/mol. The molecular formula is C17H23F3N2O3. The van der Waals surface area contributed by atoms with Crippen molar-refractivity contribution in [2.45, 2.75) is 45.2 Å². The van der Waals surface area contributed by atoms with Crippen LogP contribution in [0.25, 0.3) is 0 Å². The van der Waals surface area contributed by atoms with Crippen LogP contribution in [0, 0.1) is 0 Å². The first kappa shape index (κ1) is 19.4. The Labute approximate surface area is 145 Å². The monoisotopic (exact) mass is 360 g/mol. The summed E-state index contributed by atoms with van der Waals surface area (Å²) in [6.07, 6.45) is -4.99. The van der Waals surface area contributed by atoms with Gasteiger partial charge in [0.05, 0.1) is 6.04 Å². The van der Waals surface area contributed by atoms with Gasteiger partial charge in [0.1, 0.15) is 11.4 Å². The second-order valence-electron chi connectivity index (χ2n) is 6.89. The van der Waals surface area contributed by atoms with Gasteiger partial charge in [0.2, 0.25) is 0 Å². The molecule has 0 saturated carbocycles. The Balaban J connectivity index is 2.15. The molecule has 0 unspecified atom stereocenters. The Kier molecular flexibility index (Phi) is 5.82. The van der Waals surface area contributed by atoms with Crippen LogP contribution in [0.1, 0.15) is 26.3 Å². The fraction of sp³-hybridized carbons (Fsp3) is 0.588. The van der Waals surface area contributed by atoms with Gasteiger partial charge in [0.25, 0.3) is 0 Å². The van der Waals surface area contributed by atoms with Gasteiger partial charge in [-0.15, -0.1) is 13.2 Å². The smallest absolute Gasteiger partial charge is 0.444 e. The van der Waals surface area contributed by atoms with Crippen LogP contribution in [-0.4, -0.2) is 48.6 Å². The van der Waals surface area contributed by atoms with E-state index >= 15 is 0 Å². The largest absolute Gasteiger partial charge is 0.573 e. The fourth-order valence-corrected chi connectivity index (χ4v) is 2.65. The highest BCUT2D eigenvalue weighted by Crippen LogP contribution is 2.28. The number of hydrogen-bond donors (Lipinski definition) is 1. The third-order valence-electron chi connectivity index (χ3n) is 3.63. The lowest BCUT2D eigenvalue weighted by Gasteiger charge is -2.37. The van der Waals surface area contributed by atoms with Crippen molar-refractivity contribution in [3.63, 3.8) is 0 Å². The summed E-state index contributed by atoms with van der Waals surface area (Å²) in [5.41, 5.74) is -0.244. The molecule has 1 fully saturated rings. The molecule has 0 radical (unpaired) electrons. The zero-order valence-electron chi connectivity index (χ0n) is 14.5. The Morgan fingerprint density at radius 1 is 1.28 bits per heavy atom. The standard InChI is InChI=1S/C17H23F3N2O3/c1-16(2,3)25-15(23)22-9-8-21-11-13(22)10-12-6-4-5-7-14(12)24-17(18,19)20/h4-7,13,21H,8-11H2,1-3H3/t13-/m0/s1. The third kappa shape index (κ3) is 6.12. The highest BCUT2D eigenvalue weighted by atomic mass is 19.4. The van der Waals surface area contributed by atoms with Gasteiger partial charge in [0.15, 0.2) is 0 Å². The van der Waals surface area contributed by atoms with Crippen LogP contribution >= 0.6 is 0 Å². The van der Waals surface area contributed by atoms with Crippen molar-refractivity contribution in [2.75, 3.05) is 19.6 Å². The van der Waals surface area contributed by atoms with Crippen molar-refractivity contribution in [2.24, 2.45) is 0 Å². The van der Waals surface area contributed by atoms with E-state index < -0.39 is 18.1 Å². The number of benzene rings is 1. The molecule has 1 aliphatic heterocycles. The number of hydrogen-bond acceptors (Lipinski definition) is 4. The Morgan fingerprint density at radius 2 is 1.96 bits per heavy atom. The lowest BCUT2D eigenvalue weighted by molar-refractivity contribution is -0.274. The second kappa shape index (κ2) is 7.51. The molecule has 25 heavy (non-hydrogen) atoms. The van der Waals surface area contributed by atoms with Crippen LogP contribution in [0.2, 0.25) is 0 Å². The minimum Gasteiger partial charge on any atom is -0.444 e. The maximum Gasteiger partial charge on any atom is 0.573 e. The summed E-state index contributed by atoms with van der Waals surface area (Å²) in [6.45, 7) is 6.83. The average Bonchev–Trinajstić information content (AvgIpc) is 2.46. The molecule has 1 atom stereocenters. The number of ether oxygens (including phenoxy) is 2. The van der Waals surface area contributed by atoms with Crippen LogP contribution in [0.15, 0.2) is 24.3 Å². The number of rotatable bonds is 3. The van der Waals surface area contributed by atoms with E-state index in [0.717, 1.165) is 0 Å². The molecule has 1 amide bonds. The van der Waals surface area contributed by atoms with Crippen LogP contribution in [0.5, 0.6) is 5.75 Å². The van der Waals surface area contributed by atoms with E-state index in [1.165, 1.54) is 12.1 Å². The van der Waals surface area contributed by atoms with Gasteiger partial charge in [-0.05, 0) is 38.8 Å². The maximum absolute atomic E-state index is 12.6. The molecule has 0 aliphatic carbocycles. The first-order valence-electron chi connectivity index (χ1n) is 8.09. The van der Waals surface area contributed by atoms with Gasteiger partial charge >= 0.3 is 12.5 Å². The van der Waals surface area contributed by atoms with Crippen molar-refractivity contribution in [3.05, 3.63) is 29.8 Å². The maximum atomic E-state index is 12.6. The third-order valence-corrected chi connectivity index (χ3v) is 3.63. The lowest BCUT2D eigenvalue weighted by Crippen LogP contribution is -2.55. The summed E-state index contributed by atoms with van der Waals surface area (Å²) >= 11 is 0. The zero-order chi connectivity index (χ0) is 18.7. The summed E-state index contributed by atoms with van der Waals surface area (Å²) < 4.78 is 47.2. The molecule has 2 rings (SSSR count). The van der Waals surface area contributed by atoms with Crippen molar-refractivity contribution in [3.8, 4) is 5.75 Å². The van der Waals surface area contributed by atoms with Crippen LogP contribution < -0.4 is 10.1 Å². The van der Waals surface area contributed by atoms with E-state index in [4.69, 9.17) is 4.74 Å². The number of amides is 1. The van der Waals surface area contributed by atoms with Gasteiger partial charge < -0.3 is 19.7 Å². The Morgan fingerprint density at radius 3 is 2.60 bits per heavy atom. The molecule has 0 spiro atoms. The van der Waals surface area contributed by atoms with Crippen molar-refractivity contribution in [1.82, 2.24) is 10.2 Å². The molecule has 1 heterocycles. The number of nitrogens with zero attached hydrogens (tertiary/aromatic N) is 1. The first-order chi connectivity index (χ1) is 11.6. The van der Waals surface area contributed by atoms with Crippen molar-refractivity contribution < 1.29 is 27.4 Å². The van der Waals surface area contributed by atoms with Crippen LogP contribution in [0.3, 0.4) is 0 Å². The Bertz CT molecular complexity index is 600. The number of carbonyl (C=O) groups is 1. The number of halogens is 3. The number of para-hydroxylation sites is 1. The molecule has 0 bridgehead atoms. The molecule has 0 aromatic heterocycles. The normalized spacial score (nSPS) is 18.8. The summed E-state index contributed by atoms with van der Waals surface area (Å²) in [6, 6.07) is 5.66. The van der Waals surface area contributed by atoms with Crippen molar-refractivity contribution >= 4 is 6.09 Å². The quantitative estimate of drug-likeness (QED) is 0.898. The topological polar surface area (TPSA) is 50.8 Å². The van der Waals surface area contributed by atoms with E-state index in [-0.39, 0.29) is 18.2 Å². The highest BCUT2D eigenvalue weighted by molar-refractivity contribution is 5.69. The predicted octanol–water partition coefficient (Wildman–Crippen LogP) is 3.34. The van der Waals surface area contributed by atoms with Gasteiger partial charge in [-0.2, -0.15) is 0 Å². The van der Waals surface area contributed by atoms with Gasteiger partial charge in [-0.25, -0.2) is 4.79 Å². The summed E-state index contributed by atoms with van der Waals surface area (Å²) in [7, 11) is 0. The van der Waals surface area contributed by atoms with Crippen molar-refractivity contribution in [1.29, 1.82) is 0 Å². The molecule has 1 N–H and O–H groups in total. The molecule has 140 valence electrons. The minimum atomic E-state index is -4.76. The minimum absolute atomic E-state index is 0.235. The van der Waals surface area contributed by atoms with Crippen LogP contribution in [0.4, 0.5) is 18.0 Å².